The van der Waals surface area contributed by atoms with Crippen molar-refractivity contribution in [3.63, 3.8) is 0 Å². The number of nitrogens with zero attached hydrogens (tertiary/aromatic N) is 2. The molecule has 1 amide bonds. The van der Waals surface area contributed by atoms with Crippen molar-refractivity contribution >= 4 is 5.91 Å². The van der Waals surface area contributed by atoms with Gasteiger partial charge in [0.25, 0.3) is 0 Å². The number of carbonyl (C=O) groups is 1. The van der Waals surface area contributed by atoms with Crippen molar-refractivity contribution in [3.8, 4) is 0 Å². The highest BCUT2D eigenvalue weighted by Gasteiger charge is 2.20. The first kappa shape index (κ1) is 11.1. The molecule has 0 spiro atoms. The molecule has 0 aromatic carbocycles. The number of aromatic nitrogens is 1. The van der Waals surface area contributed by atoms with Gasteiger partial charge in [-0.1, -0.05) is 6.07 Å². The standard InChI is InChI=1S/C12H17N3O/c1-15-7-5-11(9-15)14-12(16)8-10-4-2-3-6-13-10/h2-4,6,11H,5,7-9H2,1H3,(H,14,16). The van der Waals surface area contributed by atoms with Gasteiger partial charge in [0, 0.05) is 24.5 Å². The van der Waals surface area contributed by atoms with Crippen LogP contribution >= 0.6 is 0 Å². The van der Waals surface area contributed by atoms with Crippen molar-refractivity contribution in [2.45, 2.75) is 18.9 Å². The van der Waals surface area contributed by atoms with E-state index in [1.807, 2.05) is 18.2 Å². The number of pyridine rings is 1. The minimum Gasteiger partial charge on any atom is -0.352 e. The van der Waals surface area contributed by atoms with Gasteiger partial charge in [0.05, 0.1) is 6.42 Å². The highest BCUT2D eigenvalue weighted by atomic mass is 16.1. The third kappa shape index (κ3) is 3.03. The van der Waals surface area contributed by atoms with Crippen molar-refractivity contribution in [1.82, 2.24) is 15.2 Å². The minimum atomic E-state index is 0.0685. The van der Waals surface area contributed by atoms with Crippen LogP contribution in [0.1, 0.15) is 12.1 Å². The molecule has 1 aromatic heterocycles. The molecule has 0 bridgehead atoms. The second-order valence-corrected chi connectivity index (χ2v) is 4.31. The molecule has 1 saturated heterocycles. The summed E-state index contributed by atoms with van der Waals surface area (Å²) in [6, 6.07) is 5.94. The van der Waals surface area contributed by atoms with Crippen LogP contribution in [0.2, 0.25) is 0 Å². The molecule has 1 fully saturated rings. The van der Waals surface area contributed by atoms with E-state index in [1.54, 1.807) is 6.20 Å². The molecule has 1 aliphatic heterocycles. The van der Waals surface area contributed by atoms with Gasteiger partial charge in [-0.25, -0.2) is 0 Å². The Morgan fingerprint density at radius 2 is 2.50 bits per heavy atom. The van der Waals surface area contributed by atoms with E-state index in [9.17, 15) is 4.79 Å². The molecule has 2 heterocycles. The van der Waals surface area contributed by atoms with Crippen LogP contribution in [0.15, 0.2) is 24.4 Å². The lowest BCUT2D eigenvalue weighted by molar-refractivity contribution is -0.121. The van der Waals surface area contributed by atoms with Crippen LogP contribution < -0.4 is 5.32 Å². The molecule has 4 nitrogen and oxygen atoms in total. The van der Waals surface area contributed by atoms with Gasteiger partial charge < -0.3 is 10.2 Å². The van der Waals surface area contributed by atoms with Crippen LogP contribution in [-0.4, -0.2) is 42.0 Å². The van der Waals surface area contributed by atoms with Crippen molar-refractivity contribution in [1.29, 1.82) is 0 Å². The van der Waals surface area contributed by atoms with E-state index in [1.165, 1.54) is 0 Å². The number of likely N-dealkylation sites (tertiary alicyclic amines) is 1. The summed E-state index contributed by atoms with van der Waals surface area (Å²) in [7, 11) is 2.07. The molecule has 0 radical (unpaired) electrons. The lowest BCUT2D eigenvalue weighted by atomic mass is 10.2. The number of hydrogen-bond donors (Lipinski definition) is 1. The maximum absolute atomic E-state index is 11.7. The Morgan fingerprint density at radius 3 is 3.12 bits per heavy atom. The van der Waals surface area contributed by atoms with Crippen molar-refractivity contribution in [3.05, 3.63) is 30.1 Å². The Hall–Kier alpha value is -1.42. The number of likely N-dealkylation sites (N-methyl/N-ethyl adjacent to an activating group) is 1. The highest BCUT2D eigenvalue weighted by molar-refractivity contribution is 5.78. The van der Waals surface area contributed by atoms with Gasteiger partial charge in [-0.15, -0.1) is 0 Å². The summed E-state index contributed by atoms with van der Waals surface area (Å²) in [5.74, 6) is 0.0685. The van der Waals surface area contributed by atoms with Gasteiger partial charge in [-0.3, -0.25) is 9.78 Å². The zero-order chi connectivity index (χ0) is 11.4. The van der Waals surface area contributed by atoms with Crippen LogP contribution in [-0.2, 0) is 11.2 Å². The molecule has 0 saturated carbocycles. The summed E-state index contributed by atoms with van der Waals surface area (Å²) in [5.41, 5.74) is 0.825. The molecule has 1 N–H and O–H groups in total. The van der Waals surface area contributed by atoms with Crippen molar-refractivity contribution in [2.24, 2.45) is 0 Å². The van der Waals surface area contributed by atoms with Gasteiger partial charge >= 0.3 is 0 Å². The van der Waals surface area contributed by atoms with Gasteiger partial charge in [0.1, 0.15) is 0 Å². The van der Waals surface area contributed by atoms with Gasteiger partial charge in [0.2, 0.25) is 5.91 Å². The van der Waals surface area contributed by atoms with Crippen LogP contribution in [0.5, 0.6) is 0 Å². The Morgan fingerprint density at radius 1 is 1.62 bits per heavy atom. The first-order chi connectivity index (χ1) is 7.74. The largest absolute Gasteiger partial charge is 0.352 e. The minimum absolute atomic E-state index is 0.0685. The van der Waals surface area contributed by atoms with Gasteiger partial charge in [-0.05, 0) is 32.1 Å². The third-order valence-corrected chi connectivity index (χ3v) is 2.82. The maximum atomic E-state index is 11.7. The zero-order valence-electron chi connectivity index (χ0n) is 9.52. The van der Waals surface area contributed by atoms with Gasteiger partial charge in [-0.2, -0.15) is 0 Å². The van der Waals surface area contributed by atoms with E-state index in [2.05, 4.69) is 22.2 Å². The van der Waals surface area contributed by atoms with Crippen LogP contribution in [0, 0.1) is 0 Å². The molecule has 0 aliphatic carbocycles. The zero-order valence-corrected chi connectivity index (χ0v) is 9.52. The first-order valence-corrected chi connectivity index (χ1v) is 5.62. The fourth-order valence-electron chi connectivity index (χ4n) is 2.00. The lowest BCUT2D eigenvalue weighted by Crippen LogP contribution is -2.37. The molecule has 1 aliphatic rings. The lowest BCUT2D eigenvalue weighted by Gasteiger charge is -2.12. The van der Waals surface area contributed by atoms with Crippen LogP contribution in [0.3, 0.4) is 0 Å². The second-order valence-electron chi connectivity index (χ2n) is 4.31. The van der Waals surface area contributed by atoms with E-state index >= 15 is 0 Å². The summed E-state index contributed by atoms with van der Waals surface area (Å²) in [5, 5.41) is 3.04. The van der Waals surface area contributed by atoms with Crippen molar-refractivity contribution in [2.75, 3.05) is 20.1 Å². The SMILES string of the molecule is CN1CCC(NC(=O)Cc2ccccn2)C1. The maximum Gasteiger partial charge on any atom is 0.226 e. The molecular formula is C12H17N3O. The number of hydrogen-bond acceptors (Lipinski definition) is 3. The number of rotatable bonds is 3. The molecule has 16 heavy (non-hydrogen) atoms. The fourth-order valence-corrected chi connectivity index (χ4v) is 2.00. The number of amides is 1. The van der Waals surface area contributed by atoms with Crippen molar-refractivity contribution < 1.29 is 4.79 Å². The topological polar surface area (TPSA) is 45.2 Å². The van der Waals surface area contributed by atoms with E-state index < -0.39 is 0 Å². The molecule has 4 heteroatoms. The molecule has 86 valence electrons. The summed E-state index contributed by atoms with van der Waals surface area (Å²) in [6.45, 7) is 2.02. The summed E-state index contributed by atoms with van der Waals surface area (Å²) >= 11 is 0. The number of nitrogens with one attached hydrogen (secondary N) is 1. The summed E-state index contributed by atoms with van der Waals surface area (Å²) < 4.78 is 0. The Labute approximate surface area is 95.7 Å². The quantitative estimate of drug-likeness (QED) is 0.802. The van der Waals surface area contributed by atoms with E-state index in [4.69, 9.17) is 0 Å². The average molecular weight is 219 g/mol. The smallest absolute Gasteiger partial charge is 0.226 e. The fraction of sp³-hybridized carbons (Fsp3) is 0.500. The highest BCUT2D eigenvalue weighted by Crippen LogP contribution is 2.06. The van der Waals surface area contributed by atoms with Crippen LogP contribution in [0.4, 0.5) is 0 Å². The predicted octanol–water partition coefficient (Wildman–Crippen LogP) is 0.444. The van der Waals surface area contributed by atoms with E-state index in [0.717, 1.165) is 25.2 Å². The normalized spacial score (nSPS) is 20.9. The molecule has 1 unspecified atom stereocenters. The Kier molecular flexibility index (Phi) is 3.51. The average Bonchev–Trinajstić information content (AvgIpc) is 2.65. The first-order valence-electron chi connectivity index (χ1n) is 5.62. The third-order valence-electron chi connectivity index (χ3n) is 2.82. The summed E-state index contributed by atoms with van der Waals surface area (Å²) in [6.07, 6.45) is 3.14. The molecule has 1 aromatic rings. The molecular weight excluding hydrogens is 202 g/mol. The summed E-state index contributed by atoms with van der Waals surface area (Å²) in [4.78, 5) is 18.1. The second kappa shape index (κ2) is 5.07. The molecule has 1 atom stereocenters. The van der Waals surface area contributed by atoms with Gasteiger partial charge in [0.15, 0.2) is 0 Å². The monoisotopic (exact) mass is 219 g/mol. The van der Waals surface area contributed by atoms with Crippen LogP contribution in [0.25, 0.3) is 0 Å². The Bertz CT molecular complexity index is 353. The van der Waals surface area contributed by atoms with E-state index in [-0.39, 0.29) is 5.91 Å². The molecule has 2 rings (SSSR count). The predicted molar refractivity (Wildman–Crippen MR) is 62.0 cm³/mol. The number of carbonyl (C=O) groups excluding carboxylic acids is 1. The Balaban J connectivity index is 1.81. The van der Waals surface area contributed by atoms with E-state index in [0.29, 0.717) is 12.5 Å².